The molecule has 158 valence electrons. The van der Waals surface area contributed by atoms with Gasteiger partial charge in [-0.25, -0.2) is 8.42 Å². The van der Waals surface area contributed by atoms with E-state index in [0.29, 0.717) is 15.9 Å². The van der Waals surface area contributed by atoms with Crippen LogP contribution in [0.3, 0.4) is 0 Å². The molecule has 0 spiro atoms. The van der Waals surface area contributed by atoms with Crippen LogP contribution < -0.4 is 0 Å². The van der Waals surface area contributed by atoms with E-state index >= 15 is 0 Å². The number of halogens is 2. The summed E-state index contributed by atoms with van der Waals surface area (Å²) >= 11 is 11.9. The average Bonchev–Trinajstić information content (AvgIpc) is 3.30. The summed E-state index contributed by atoms with van der Waals surface area (Å²) in [5.74, 6) is 0.471. The number of benzene rings is 3. The van der Waals surface area contributed by atoms with Crippen LogP contribution in [-0.2, 0) is 23.1 Å². The van der Waals surface area contributed by atoms with Gasteiger partial charge in [0.2, 0.25) is 15.8 Å². The first-order valence-electron chi connectivity index (χ1n) is 9.25. The summed E-state index contributed by atoms with van der Waals surface area (Å²) in [6.07, 6.45) is 0. The van der Waals surface area contributed by atoms with Crippen LogP contribution in [0.25, 0.3) is 11.4 Å². The number of sulfonamides is 1. The van der Waals surface area contributed by atoms with Gasteiger partial charge in [-0.15, -0.1) is 10.2 Å². The van der Waals surface area contributed by atoms with E-state index in [2.05, 4.69) is 20.6 Å². The highest BCUT2D eigenvalue weighted by molar-refractivity contribution is 7.89. The molecule has 4 aromatic rings. The summed E-state index contributed by atoms with van der Waals surface area (Å²) in [5, 5.41) is 14.9. The lowest BCUT2D eigenvalue weighted by Gasteiger charge is -2.23. The first-order valence-corrected chi connectivity index (χ1v) is 11.4. The van der Waals surface area contributed by atoms with E-state index in [-0.39, 0.29) is 18.0 Å². The van der Waals surface area contributed by atoms with E-state index < -0.39 is 10.0 Å². The summed E-state index contributed by atoms with van der Waals surface area (Å²) in [6.45, 7) is 0.370. The average molecular weight is 474 g/mol. The number of nitrogens with zero attached hydrogens (tertiary/aromatic N) is 4. The van der Waals surface area contributed by atoms with E-state index in [1.165, 1.54) is 16.4 Å². The minimum Gasteiger partial charge on any atom is -0.207 e. The third-order valence-corrected chi connectivity index (χ3v) is 6.95. The maximum absolute atomic E-state index is 13.4. The largest absolute Gasteiger partial charge is 0.243 e. The lowest BCUT2D eigenvalue weighted by Crippen LogP contribution is -2.30. The minimum absolute atomic E-state index is 0.175. The quantitative estimate of drug-likeness (QED) is 0.424. The Bertz CT molecular complexity index is 1240. The first kappa shape index (κ1) is 21.5. The number of hydrogen-bond donors (Lipinski definition) is 1. The van der Waals surface area contributed by atoms with Crippen molar-refractivity contribution in [2.24, 2.45) is 0 Å². The van der Waals surface area contributed by atoms with E-state index in [9.17, 15) is 8.42 Å². The standard InChI is InChI=1S/C21H17Cl2N5O2S/c22-18-7-3-16(4-8-18)14-28(31(29,30)20-11-9-19(23)10-12-20)13-15-1-5-17(6-2-15)21-24-26-27-25-21/h1-12H,13-14H2,(H,24,25,26,27). The Labute approximate surface area is 189 Å². The summed E-state index contributed by atoms with van der Waals surface area (Å²) in [5.41, 5.74) is 2.42. The lowest BCUT2D eigenvalue weighted by atomic mass is 10.1. The smallest absolute Gasteiger partial charge is 0.207 e. The van der Waals surface area contributed by atoms with Gasteiger partial charge >= 0.3 is 0 Å². The second-order valence-electron chi connectivity index (χ2n) is 6.79. The first-order chi connectivity index (χ1) is 14.9. The number of rotatable bonds is 7. The fourth-order valence-corrected chi connectivity index (χ4v) is 4.69. The van der Waals surface area contributed by atoms with Gasteiger partial charge in [-0.3, -0.25) is 0 Å². The van der Waals surface area contributed by atoms with E-state index in [1.54, 1.807) is 24.3 Å². The Kier molecular flexibility index (Phi) is 6.33. The molecule has 0 unspecified atom stereocenters. The van der Waals surface area contributed by atoms with Crippen LogP contribution >= 0.6 is 23.2 Å². The summed E-state index contributed by atoms with van der Waals surface area (Å²) in [6, 6.07) is 20.6. The molecule has 0 aliphatic heterocycles. The monoisotopic (exact) mass is 473 g/mol. The van der Waals surface area contributed by atoms with Crippen molar-refractivity contribution in [3.8, 4) is 11.4 Å². The van der Waals surface area contributed by atoms with Crippen molar-refractivity contribution in [2.75, 3.05) is 0 Å². The van der Waals surface area contributed by atoms with Gasteiger partial charge in [-0.1, -0.05) is 59.6 Å². The SMILES string of the molecule is O=S(=O)(c1ccc(Cl)cc1)N(Cc1ccc(Cl)cc1)Cc1ccc(-c2nn[nH]n2)cc1. The van der Waals surface area contributed by atoms with Crippen LogP contribution in [0, 0.1) is 0 Å². The van der Waals surface area contributed by atoms with Crippen molar-refractivity contribution < 1.29 is 8.42 Å². The number of hydrogen-bond acceptors (Lipinski definition) is 5. The number of tetrazole rings is 1. The third-order valence-electron chi connectivity index (χ3n) is 4.64. The van der Waals surface area contributed by atoms with Crippen molar-refractivity contribution in [1.82, 2.24) is 24.9 Å². The van der Waals surface area contributed by atoms with E-state index in [4.69, 9.17) is 23.2 Å². The second-order valence-corrected chi connectivity index (χ2v) is 9.60. The predicted molar refractivity (Wildman–Crippen MR) is 119 cm³/mol. The molecule has 3 aromatic carbocycles. The Morgan fingerprint density at radius 3 is 1.81 bits per heavy atom. The van der Waals surface area contributed by atoms with Crippen LogP contribution in [0.15, 0.2) is 77.7 Å². The Morgan fingerprint density at radius 2 is 1.29 bits per heavy atom. The summed E-state index contributed by atoms with van der Waals surface area (Å²) < 4.78 is 28.2. The van der Waals surface area contributed by atoms with Gasteiger partial charge in [0.1, 0.15) is 0 Å². The molecule has 0 bridgehead atoms. The maximum atomic E-state index is 13.4. The van der Waals surface area contributed by atoms with Crippen molar-refractivity contribution in [1.29, 1.82) is 0 Å². The third kappa shape index (κ3) is 5.11. The van der Waals surface area contributed by atoms with Gasteiger partial charge in [0.15, 0.2) is 0 Å². The zero-order valence-electron chi connectivity index (χ0n) is 16.1. The minimum atomic E-state index is -3.78. The van der Waals surface area contributed by atoms with Gasteiger partial charge in [-0.05, 0) is 52.7 Å². The number of H-pyrrole nitrogens is 1. The topological polar surface area (TPSA) is 91.8 Å². The molecule has 7 nitrogen and oxygen atoms in total. The molecule has 0 amide bonds. The van der Waals surface area contributed by atoms with Crippen LogP contribution in [0.5, 0.6) is 0 Å². The van der Waals surface area contributed by atoms with Gasteiger partial charge in [0.05, 0.1) is 4.90 Å². The van der Waals surface area contributed by atoms with Crippen molar-refractivity contribution in [2.45, 2.75) is 18.0 Å². The highest BCUT2D eigenvalue weighted by Crippen LogP contribution is 2.24. The van der Waals surface area contributed by atoms with E-state index in [1.807, 2.05) is 36.4 Å². The Balaban J connectivity index is 1.64. The van der Waals surface area contributed by atoms with Crippen LogP contribution in [-0.4, -0.2) is 33.3 Å². The summed E-state index contributed by atoms with van der Waals surface area (Å²) in [4.78, 5) is 0.175. The number of aromatic amines is 1. The molecular formula is C21H17Cl2N5O2S. The molecule has 10 heteroatoms. The molecule has 4 rings (SSSR count). The normalized spacial score (nSPS) is 11.7. The highest BCUT2D eigenvalue weighted by atomic mass is 35.5. The van der Waals surface area contributed by atoms with Gasteiger partial charge < -0.3 is 0 Å². The molecule has 0 saturated heterocycles. The van der Waals surface area contributed by atoms with Crippen molar-refractivity contribution >= 4 is 33.2 Å². The highest BCUT2D eigenvalue weighted by Gasteiger charge is 2.25. The van der Waals surface area contributed by atoms with E-state index in [0.717, 1.165) is 16.7 Å². The molecule has 0 saturated carbocycles. The van der Waals surface area contributed by atoms with Gasteiger partial charge in [-0.2, -0.15) is 9.52 Å². The summed E-state index contributed by atoms with van der Waals surface area (Å²) in [7, 11) is -3.78. The number of nitrogens with one attached hydrogen (secondary N) is 1. The predicted octanol–water partition coefficient (Wildman–Crippen LogP) is 4.56. The fourth-order valence-electron chi connectivity index (χ4n) is 3.02. The molecule has 31 heavy (non-hydrogen) atoms. The van der Waals surface area contributed by atoms with Crippen molar-refractivity contribution in [3.05, 3.63) is 94.0 Å². The molecular weight excluding hydrogens is 457 g/mol. The molecule has 1 heterocycles. The molecule has 0 aliphatic rings. The fraction of sp³-hybridized carbons (Fsp3) is 0.0952. The Morgan fingerprint density at radius 1 is 0.774 bits per heavy atom. The van der Waals surface area contributed by atoms with Crippen LogP contribution in [0.1, 0.15) is 11.1 Å². The lowest BCUT2D eigenvalue weighted by molar-refractivity contribution is 0.401. The van der Waals surface area contributed by atoms with Gasteiger partial charge in [0, 0.05) is 28.7 Å². The Hall–Kier alpha value is -2.78. The van der Waals surface area contributed by atoms with Crippen LogP contribution in [0.2, 0.25) is 10.0 Å². The zero-order chi connectivity index (χ0) is 21.8. The molecule has 1 N–H and O–H groups in total. The molecule has 0 aliphatic carbocycles. The molecule has 0 radical (unpaired) electrons. The maximum Gasteiger partial charge on any atom is 0.243 e. The molecule has 0 fully saturated rings. The molecule has 0 atom stereocenters. The zero-order valence-corrected chi connectivity index (χ0v) is 18.4. The molecule has 1 aromatic heterocycles. The number of aromatic nitrogens is 4. The van der Waals surface area contributed by atoms with Crippen LogP contribution in [0.4, 0.5) is 0 Å². The second kappa shape index (κ2) is 9.15. The van der Waals surface area contributed by atoms with Gasteiger partial charge in [0.25, 0.3) is 0 Å². The van der Waals surface area contributed by atoms with Crippen molar-refractivity contribution in [3.63, 3.8) is 0 Å².